The van der Waals surface area contributed by atoms with Crippen molar-refractivity contribution in [2.24, 2.45) is 0 Å². The molecule has 0 fully saturated rings. The Balaban J connectivity index is 0.000000267. The van der Waals surface area contributed by atoms with E-state index in [9.17, 15) is 0 Å². The molecule has 6 rings (SSSR count). The van der Waals surface area contributed by atoms with Crippen molar-refractivity contribution < 1.29 is 0 Å². The lowest BCUT2D eigenvalue weighted by Crippen LogP contribution is -1.90. The second-order valence-electron chi connectivity index (χ2n) is 10.8. The molecule has 6 aromatic carbocycles. The average molecular weight is 543 g/mol. The Morgan fingerprint density at radius 3 is 2.12 bits per heavy atom. The first kappa shape index (κ1) is 28.6. The molecule has 0 spiro atoms. The molecule has 0 saturated carbocycles. The molecule has 0 radical (unpaired) electrons. The summed E-state index contributed by atoms with van der Waals surface area (Å²) >= 11 is 0. The molecular weight excluding hydrogens is 504 g/mol. The van der Waals surface area contributed by atoms with Gasteiger partial charge in [-0.25, -0.2) is 0 Å². The summed E-state index contributed by atoms with van der Waals surface area (Å²) in [5.41, 5.74) is 10.3. The van der Waals surface area contributed by atoms with E-state index in [2.05, 4.69) is 167 Å². The van der Waals surface area contributed by atoms with Crippen LogP contribution in [0.2, 0.25) is 0 Å². The van der Waals surface area contributed by atoms with E-state index in [1.54, 1.807) is 0 Å². The van der Waals surface area contributed by atoms with Crippen molar-refractivity contribution in [1.82, 2.24) is 0 Å². The molecule has 0 aliphatic rings. The van der Waals surface area contributed by atoms with Gasteiger partial charge in [0.2, 0.25) is 0 Å². The Labute approximate surface area is 251 Å². The molecule has 0 N–H and O–H groups in total. The summed E-state index contributed by atoms with van der Waals surface area (Å²) in [6, 6.07) is 45.3. The summed E-state index contributed by atoms with van der Waals surface area (Å²) in [6.45, 7) is 10.4. The van der Waals surface area contributed by atoms with Gasteiger partial charge < -0.3 is 0 Å². The van der Waals surface area contributed by atoms with Crippen molar-refractivity contribution in [1.29, 1.82) is 0 Å². The van der Waals surface area contributed by atoms with Crippen LogP contribution >= 0.6 is 0 Å². The van der Waals surface area contributed by atoms with Crippen LogP contribution in [0.3, 0.4) is 0 Å². The molecule has 0 heteroatoms. The highest BCUT2D eigenvalue weighted by atomic mass is 14.1. The molecule has 42 heavy (non-hydrogen) atoms. The number of hydrogen-bond donors (Lipinski definition) is 0. The van der Waals surface area contributed by atoms with Gasteiger partial charge in [-0.1, -0.05) is 164 Å². The standard InChI is InChI=1S/C31H28.C11H10/c1-4-11-26(27-14-6-5-7-15-27)16-10-13-25-19-21-30-28(22-25)20-18-24(3)31(30)29-17-9-8-12-23(29)2;1-9-6-7-10-4-2-3-5-11(10)8-9/h4-12,14-22H,1,13H2,2-3H3;2-8H,1H3/b16-10-,26-11+;. The predicted molar refractivity (Wildman–Crippen MR) is 185 cm³/mol. The lowest BCUT2D eigenvalue weighted by atomic mass is 9.90. The first-order valence-electron chi connectivity index (χ1n) is 14.6. The van der Waals surface area contributed by atoms with Gasteiger partial charge in [0, 0.05) is 0 Å². The second-order valence-corrected chi connectivity index (χ2v) is 10.8. The number of allylic oxidation sites excluding steroid dienone is 5. The van der Waals surface area contributed by atoms with E-state index in [1.165, 1.54) is 66.1 Å². The Morgan fingerprint density at radius 2 is 1.33 bits per heavy atom. The van der Waals surface area contributed by atoms with Gasteiger partial charge in [0.05, 0.1) is 0 Å². The zero-order chi connectivity index (χ0) is 29.3. The van der Waals surface area contributed by atoms with Crippen LogP contribution < -0.4 is 0 Å². The number of hydrogen-bond acceptors (Lipinski definition) is 0. The maximum atomic E-state index is 3.86. The van der Waals surface area contributed by atoms with Crippen molar-refractivity contribution in [2.75, 3.05) is 0 Å². The van der Waals surface area contributed by atoms with Crippen molar-refractivity contribution in [3.63, 3.8) is 0 Å². The largest absolute Gasteiger partial charge is 0.0990 e. The van der Waals surface area contributed by atoms with Gasteiger partial charge in [-0.3, -0.25) is 0 Å². The van der Waals surface area contributed by atoms with E-state index >= 15 is 0 Å². The maximum Gasteiger partial charge on any atom is -0.00735 e. The van der Waals surface area contributed by atoms with E-state index in [0.717, 1.165) is 6.42 Å². The topological polar surface area (TPSA) is 0 Å². The fourth-order valence-corrected chi connectivity index (χ4v) is 5.46. The molecule has 0 heterocycles. The molecule has 0 unspecified atom stereocenters. The van der Waals surface area contributed by atoms with Gasteiger partial charge in [-0.05, 0) is 87.7 Å². The van der Waals surface area contributed by atoms with Gasteiger partial charge >= 0.3 is 0 Å². The molecule has 0 atom stereocenters. The lowest BCUT2D eigenvalue weighted by Gasteiger charge is -2.14. The molecule has 0 amide bonds. The Hall–Kier alpha value is -4.94. The summed E-state index contributed by atoms with van der Waals surface area (Å²) in [6.07, 6.45) is 9.22. The van der Waals surface area contributed by atoms with Crippen LogP contribution in [0.25, 0.3) is 38.2 Å². The van der Waals surface area contributed by atoms with E-state index in [-0.39, 0.29) is 0 Å². The van der Waals surface area contributed by atoms with E-state index in [4.69, 9.17) is 0 Å². The average Bonchev–Trinajstić information content (AvgIpc) is 3.02. The highest BCUT2D eigenvalue weighted by molar-refractivity contribution is 5.99. The summed E-state index contributed by atoms with van der Waals surface area (Å²) < 4.78 is 0. The van der Waals surface area contributed by atoms with Gasteiger partial charge in [-0.15, -0.1) is 0 Å². The van der Waals surface area contributed by atoms with Crippen LogP contribution in [0.15, 0.2) is 158 Å². The van der Waals surface area contributed by atoms with Crippen LogP contribution in [0, 0.1) is 20.8 Å². The summed E-state index contributed by atoms with van der Waals surface area (Å²) in [5.74, 6) is 0. The monoisotopic (exact) mass is 542 g/mol. The van der Waals surface area contributed by atoms with Gasteiger partial charge in [-0.2, -0.15) is 0 Å². The molecule has 0 nitrogen and oxygen atoms in total. The quantitative estimate of drug-likeness (QED) is 0.184. The zero-order valence-electron chi connectivity index (χ0n) is 24.8. The maximum absolute atomic E-state index is 3.86. The molecule has 0 saturated heterocycles. The summed E-state index contributed by atoms with van der Waals surface area (Å²) in [5, 5.41) is 5.25. The molecule has 0 aromatic heterocycles. The molecule has 0 bridgehead atoms. The number of rotatable bonds is 6. The minimum Gasteiger partial charge on any atom is -0.0990 e. The first-order chi connectivity index (χ1) is 20.5. The van der Waals surface area contributed by atoms with Gasteiger partial charge in [0.1, 0.15) is 0 Å². The predicted octanol–water partition coefficient (Wildman–Crippen LogP) is 11.6. The third-order valence-electron chi connectivity index (χ3n) is 7.67. The molecule has 206 valence electrons. The number of fused-ring (bicyclic) bond motifs is 2. The second kappa shape index (κ2) is 13.6. The SMILES string of the molecule is C=C/C=C(\C=C/Cc1ccc2c(-c3ccccc3C)c(C)ccc2c1)c1ccccc1.Cc1ccc2ccccc2c1. The fraction of sp³-hybridized carbons (Fsp3) is 0.0952. The minimum atomic E-state index is 0.894. The highest BCUT2D eigenvalue weighted by Gasteiger charge is 2.10. The fourth-order valence-electron chi connectivity index (χ4n) is 5.46. The van der Waals surface area contributed by atoms with Crippen LogP contribution in [0.5, 0.6) is 0 Å². The summed E-state index contributed by atoms with van der Waals surface area (Å²) in [7, 11) is 0. The minimum absolute atomic E-state index is 0.894. The highest BCUT2D eigenvalue weighted by Crippen LogP contribution is 2.34. The van der Waals surface area contributed by atoms with Crippen molar-refractivity contribution in [3.05, 3.63) is 186 Å². The Bertz CT molecular complexity index is 1880. The van der Waals surface area contributed by atoms with Gasteiger partial charge in [0.25, 0.3) is 0 Å². The number of benzene rings is 6. The van der Waals surface area contributed by atoms with Crippen molar-refractivity contribution >= 4 is 27.1 Å². The van der Waals surface area contributed by atoms with Crippen LogP contribution in [0.4, 0.5) is 0 Å². The van der Waals surface area contributed by atoms with Gasteiger partial charge in [0.15, 0.2) is 0 Å². The van der Waals surface area contributed by atoms with Crippen molar-refractivity contribution in [3.8, 4) is 11.1 Å². The normalized spacial score (nSPS) is 11.5. The Kier molecular flexibility index (Phi) is 9.27. The summed E-state index contributed by atoms with van der Waals surface area (Å²) in [4.78, 5) is 0. The van der Waals surface area contributed by atoms with Crippen LogP contribution in [0.1, 0.15) is 27.8 Å². The van der Waals surface area contributed by atoms with E-state index in [1.807, 2.05) is 12.1 Å². The van der Waals surface area contributed by atoms with E-state index < -0.39 is 0 Å². The smallest absolute Gasteiger partial charge is 0.00735 e. The zero-order valence-corrected chi connectivity index (χ0v) is 24.8. The molecule has 6 aromatic rings. The molecule has 0 aliphatic heterocycles. The third-order valence-corrected chi connectivity index (χ3v) is 7.67. The first-order valence-corrected chi connectivity index (χ1v) is 14.6. The third kappa shape index (κ3) is 6.85. The molecule has 0 aliphatic carbocycles. The lowest BCUT2D eigenvalue weighted by molar-refractivity contribution is 1.28. The van der Waals surface area contributed by atoms with E-state index in [0.29, 0.717) is 0 Å². The van der Waals surface area contributed by atoms with Crippen molar-refractivity contribution in [2.45, 2.75) is 27.2 Å². The van der Waals surface area contributed by atoms with Crippen LogP contribution in [-0.2, 0) is 6.42 Å². The van der Waals surface area contributed by atoms with Crippen LogP contribution in [-0.4, -0.2) is 0 Å². The molecular formula is C42H38. The Morgan fingerprint density at radius 1 is 0.619 bits per heavy atom. The number of aryl methyl sites for hydroxylation is 3.